The zero-order chi connectivity index (χ0) is 15.7. The van der Waals surface area contributed by atoms with E-state index >= 15 is 0 Å². The molecule has 2 amide bonds. The molecule has 1 fully saturated rings. The molecule has 1 atom stereocenters. The highest BCUT2D eigenvalue weighted by Gasteiger charge is 2.36. The van der Waals surface area contributed by atoms with Gasteiger partial charge in [0.2, 0.25) is 11.8 Å². The summed E-state index contributed by atoms with van der Waals surface area (Å²) in [6, 6.07) is 5.09. The van der Waals surface area contributed by atoms with E-state index in [0.29, 0.717) is 18.1 Å². The van der Waals surface area contributed by atoms with Gasteiger partial charge in [-0.05, 0) is 31.5 Å². The minimum atomic E-state index is -0.438. The van der Waals surface area contributed by atoms with Crippen molar-refractivity contribution in [3.05, 3.63) is 28.8 Å². The molecule has 4 nitrogen and oxygen atoms in total. The zero-order valence-electron chi connectivity index (χ0n) is 12.9. The quantitative estimate of drug-likeness (QED) is 0.843. The van der Waals surface area contributed by atoms with Gasteiger partial charge in [0, 0.05) is 29.7 Å². The fourth-order valence-corrected chi connectivity index (χ4v) is 2.78. The lowest BCUT2D eigenvalue weighted by atomic mass is 10.1. The van der Waals surface area contributed by atoms with E-state index < -0.39 is 6.04 Å². The van der Waals surface area contributed by atoms with Gasteiger partial charge < -0.3 is 9.80 Å². The average molecular weight is 309 g/mol. The van der Waals surface area contributed by atoms with Crippen molar-refractivity contribution in [1.29, 1.82) is 0 Å². The number of carbonyl (C=O) groups is 2. The predicted molar refractivity (Wildman–Crippen MR) is 84.6 cm³/mol. The molecular formula is C16H21ClN2O2. The molecule has 0 radical (unpaired) electrons. The molecule has 1 saturated heterocycles. The van der Waals surface area contributed by atoms with Crippen molar-refractivity contribution in [3.8, 4) is 0 Å². The first-order chi connectivity index (χ1) is 9.82. The molecule has 0 aromatic heterocycles. The lowest BCUT2D eigenvalue weighted by Crippen LogP contribution is -2.58. The normalized spacial score (nSPS) is 19.3. The monoisotopic (exact) mass is 308 g/mol. The molecule has 1 aliphatic heterocycles. The number of hydrogen-bond acceptors (Lipinski definition) is 2. The van der Waals surface area contributed by atoms with Crippen molar-refractivity contribution >= 4 is 29.1 Å². The minimum Gasteiger partial charge on any atom is -0.329 e. The van der Waals surface area contributed by atoms with Gasteiger partial charge in [-0.25, -0.2) is 0 Å². The van der Waals surface area contributed by atoms with E-state index in [1.54, 1.807) is 22.8 Å². The maximum atomic E-state index is 12.6. The minimum absolute atomic E-state index is 0.0262. The number of piperazine rings is 1. The number of benzene rings is 1. The fraction of sp³-hybridized carbons (Fsp3) is 0.500. The van der Waals surface area contributed by atoms with Crippen molar-refractivity contribution in [1.82, 2.24) is 4.90 Å². The van der Waals surface area contributed by atoms with Crippen LogP contribution in [0.4, 0.5) is 5.69 Å². The van der Waals surface area contributed by atoms with Crippen LogP contribution in [0.25, 0.3) is 0 Å². The molecule has 114 valence electrons. The number of anilines is 1. The molecular weight excluding hydrogens is 288 g/mol. The largest absolute Gasteiger partial charge is 0.329 e. The number of carbonyl (C=O) groups excluding carboxylic acids is 2. The van der Waals surface area contributed by atoms with E-state index in [2.05, 4.69) is 0 Å². The van der Waals surface area contributed by atoms with Crippen molar-refractivity contribution in [2.24, 2.45) is 5.92 Å². The van der Waals surface area contributed by atoms with Gasteiger partial charge in [-0.2, -0.15) is 0 Å². The summed E-state index contributed by atoms with van der Waals surface area (Å²) in [5.74, 6) is -0.126. The summed E-state index contributed by atoms with van der Waals surface area (Å²) >= 11 is 6.04. The van der Waals surface area contributed by atoms with Crippen molar-refractivity contribution in [2.45, 2.75) is 33.7 Å². The third-order valence-electron chi connectivity index (χ3n) is 3.89. The molecule has 1 unspecified atom stereocenters. The van der Waals surface area contributed by atoms with Crippen molar-refractivity contribution in [2.75, 3.05) is 18.0 Å². The summed E-state index contributed by atoms with van der Waals surface area (Å²) in [6.07, 6.45) is 0. The second kappa shape index (κ2) is 6.06. The lowest BCUT2D eigenvalue weighted by Gasteiger charge is -2.40. The van der Waals surface area contributed by atoms with E-state index in [4.69, 9.17) is 11.6 Å². The smallest absolute Gasteiger partial charge is 0.249 e. The van der Waals surface area contributed by atoms with Crippen LogP contribution in [-0.2, 0) is 9.59 Å². The Balaban J connectivity index is 2.26. The second-order valence-electron chi connectivity index (χ2n) is 5.78. The molecule has 0 spiro atoms. The predicted octanol–water partition coefficient (Wildman–Crippen LogP) is 2.87. The Bertz CT molecular complexity index is 571. The third-order valence-corrected chi connectivity index (χ3v) is 4.13. The van der Waals surface area contributed by atoms with E-state index in [0.717, 1.165) is 11.3 Å². The van der Waals surface area contributed by atoms with E-state index in [1.807, 2.05) is 32.9 Å². The Labute approximate surface area is 130 Å². The zero-order valence-corrected chi connectivity index (χ0v) is 13.6. The van der Waals surface area contributed by atoms with Gasteiger partial charge in [-0.1, -0.05) is 31.5 Å². The first kappa shape index (κ1) is 15.8. The average Bonchev–Trinajstić information content (AvgIpc) is 2.44. The van der Waals surface area contributed by atoms with Crippen LogP contribution in [0.15, 0.2) is 18.2 Å². The van der Waals surface area contributed by atoms with Crippen LogP contribution in [0.3, 0.4) is 0 Å². The molecule has 0 aliphatic carbocycles. The van der Waals surface area contributed by atoms with Crippen LogP contribution in [0.5, 0.6) is 0 Å². The molecule has 0 bridgehead atoms. The molecule has 2 rings (SSSR count). The molecule has 1 aromatic carbocycles. The summed E-state index contributed by atoms with van der Waals surface area (Å²) in [4.78, 5) is 28.2. The van der Waals surface area contributed by atoms with Crippen LogP contribution in [-0.4, -0.2) is 35.8 Å². The highest BCUT2D eigenvalue weighted by molar-refractivity contribution is 6.31. The van der Waals surface area contributed by atoms with Gasteiger partial charge in [-0.3, -0.25) is 9.59 Å². The Kier molecular flexibility index (Phi) is 4.57. The first-order valence-electron chi connectivity index (χ1n) is 7.21. The number of amides is 2. The molecule has 0 N–H and O–H groups in total. The van der Waals surface area contributed by atoms with Gasteiger partial charge in [-0.15, -0.1) is 0 Å². The maximum Gasteiger partial charge on any atom is 0.249 e. The lowest BCUT2D eigenvalue weighted by molar-refractivity contribution is -0.143. The van der Waals surface area contributed by atoms with Gasteiger partial charge in [0.25, 0.3) is 0 Å². The summed E-state index contributed by atoms with van der Waals surface area (Å²) in [7, 11) is 0. The second-order valence-corrected chi connectivity index (χ2v) is 6.22. The Morgan fingerprint density at radius 1 is 1.33 bits per heavy atom. The number of aryl methyl sites for hydroxylation is 1. The van der Waals surface area contributed by atoms with Crippen LogP contribution in [0.1, 0.15) is 26.3 Å². The van der Waals surface area contributed by atoms with Crippen molar-refractivity contribution < 1.29 is 9.59 Å². The van der Waals surface area contributed by atoms with Gasteiger partial charge >= 0.3 is 0 Å². The molecule has 1 heterocycles. The Morgan fingerprint density at radius 3 is 2.62 bits per heavy atom. The fourth-order valence-electron chi connectivity index (χ4n) is 2.62. The first-order valence-corrected chi connectivity index (χ1v) is 7.58. The van der Waals surface area contributed by atoms with Gasteiger partial charge in [0.1, 0.15) is 6.04 Å². The van der Waals surface area contributed by atoms with E-state index in [-0.39, 0.29) is 17.7 Å². The summed E-state index contributed by atoms with van der Waals surface area (Å²) in [5.41, 5.74) is 1.83. The highest BCUT2D eigenvalue weighted by atomic mass is 35.5. The third kappa shape index (κ3) is 3.05. The number of halogens is 1. The van der Waals surface area contributed by atoms with E-state index in [9.17, 15) is 9.59 Å². The number of hydrogen-bond donors (Lipinski definition) is 0. The van der Waals surface area contributed by atoms with Crippen LogP contribution >= 0.6 is 11.6 Å². The molecule has 5 heteroatoms. The van der Waals surface area contributed by atoms with E-state index in [1.165, 1.54) is 0 Å². The van der Waals surface area contributed by atoms with Gasteiger partial charge in [0.05, 0.1) is 0 Å². The summed E-state index contributed by atoms with van der Waals surface area (Å²) in [5, 5.41) is 0.608. The summed E-state index contributed by atoms with van der Waals surface area (Å²) in [6.45, 7) is 8.50. The SMILES string of the molecule is Cc1ccc(Cl)cc1N1CCN(C(=O)C(C)C)C(C)C1=O. The number of nitrogens with zero attached hydrogens (tertiary/aromatic N) is 2. The summed E-state index contributed by atoms with van der Waals surface area (Å²) < 4.78 is 0. The van der Waals surface area contributed by atoms with Crippen LogP contribution in [0.2, 0.25) is 5.02 Å². The standard InChI is InChI=1S/C16H21ClN2O2/c1-10(2)15(20)18-7-8-19(16(21)12(18)4)14-9-13(17)6-5-11(14)3/h5-6,9-10,12H,7-8H2,1-4H3. The van der Waals surface area contributed by atoms with Gasteiger partial charge in [0.15, 0.2) is 0 Å². The molecule has 1 aromatic rings. The highest BCUT2D eigenvalue weighted by Crippen LogP contribution is 2.27. The molecule has 1 aliphatic rings. The Hall–Kier alpha value is -1.55. The van der Waals surface area contributed by atoms with Crippen LogP contribution in [0, 0.1) is 12.8 Å². The topological polar surface area (TPSA) is 40.6 Å². The molecule has 21 heavy (non-hydrogen) atoms. The molecule has 0 saturated carbocycles. The Morgan fingerprint density at radius 2 is 2.00 bits per heavy atom. The maximum absolute atomic E-state index is 12.6. The van der Waals surface area contributed by atoms with Crippen molar-refractivity contribution in [3.63, 3.8) is 0 Å². The van der Waals surface area contributed by atoms with Crippen LogP contribution < -0.4 is 4.90 Å². The number of rotatable bonds is 2.